The lowest BCUT2D eigenvalue weighted by molar-refractivity contribution is -0.182. The normalized spacial score (nSPS) is 20.9. The third kappa shape index (κ3) is 3.75. The molecule has 0 amide bonds. The molecule has 0 unspecified atom stereocenters. The zero-order valence-corrected chi connectivity index (χ0v) is 14.0. The van der Waals surface area contributed by atoms with E-state index in [2.05, 4.69) is 4.98 Å². The van der Waals surface area contributed by atoms with Gasteiger partial charge in [-0.25, -0.2) is 4.98 Å². The highest BCUT2D eigenvalue weighted by molar-refractivity contribution is 5.45. The molecule has 1 fully saturated rings. The van der Waals surface area contributed by atoms with Gasteiger partial charge in [0.25, 0.3) is 5.56 Å². The molecule has 8 heteroatoms. The van der Waals surface area contributed by atoms with Gasteiger partial charge in [0.2, 0.25) is 0 Å². The minimum atomic E-state index is -4.19. The van der Waals surface area contributed by atoms with Crippen LogP contribution in [0.5, 0.6) is 0 Å². The van der Waals surface area contributed by atoms with Crippen LogP contribution < -0.4 is 11.3 Å². The lowest BCUT2D eigenvalue weighted by Crippen LogP contribution is -2.31. The number of halogens is 3. The fourth-order valence-corrected chi connectivity index (χ4v) is 3.47. The van der Waals surface area contributed by atoms with Crippen LogP contribution in [0.15, 0.2) is 35.1 Å². The summed E-state index contributed by atoms with van der Waals surface area (Å²) in [5, 5.41) is 9.36. The molecule has 3 rings (SSSR count). The molecule has 1 aromatic heterocycles. The summed E-state index contributed by atoms with van der Waals surface area (Å²) in [6.45, 7) is -0.400. The fraction of sp³-hybridized carbons (Fsp3) is 0.444. The number of hydrogen-bond donors (Lipinski definition) is 2. The molecule has 0 spiro atoms. The average molecular weight is 367 g/mol. The van der Waals surface area contributed by atoms with Gasteiger partial charge in [-0.15, -0.1) is 0 Å². The Balaban J connectivity index is 1.99. The predicted octanol–water partition coefficient (Wildman–Crippen LogP) is 3.14. The first kappa shape index (κ1) is 18.4. The molecule has 0 saturated heterocycles. The molecular formula is C18H20F3N3O2. The molecule has 1 aliphatic rings. The standard InChI is InChI=1S/C18H20F3N3O2/c19-18(20,21)12-3-1-11(2-4-12)17-23-14(10-25)9-16(26)24(17)15-7-5-13(22)6-8-15/h5-9,11-12,25H,1-4,10,22H2/t11-,12+. The van der Waals surface area contributed by atoms with E-state index in [0.29, 0.717) is 30.0 Å². The van der Waals surface area contributed by atoms with Gasteiger partial charge in [0, 0.05) is 17.7 Å². The Bertz CT molecular complexity index is 823. The second-order valence-electron chi connectivity index (χ2n) is 6.62. The minimum absolute atomic E-state index is 0.00906. The molecule has 1 saturated carbocycles. The van der Waals surface area contributed by atoms with E-state index in [0.717, 1.165) is 0 Å². The first-order valence-electron chi connectivity index (χ1n) is 8.46. The van der Waals surface area contributed by atoms with Crippen LogP contribution in [-0.4, -0.2) is 20.8 Å². The van der Waals surface area contributed by atoms with Gasteiger partial charge < -0.3 is 10.8 Å². The number of rotatable bonds is 3. The Labute approximate surface area is 148 Å². The Hall–Kier alpha value is -2.35. The second-order valence-corrected chi connectivity index (χ2v) is 6.62. The second kappa shape index (κ2) is 7.11. The van der Waals surface area contributed by atoms with Crippen molar-refractivity contribution < 1.29 is 18.3 Å². The van der Waals surface area contributed by atoms with Crippen molar-refractivity contribution in [1.29, 1.82) is 0 Å². The van der Waals surface area contributed by atoms with E-state index in [1.807, 2.05) is 0 Å². The van der Waals surface area contributed by atoms with Crippen molar-refractivity contribution in [2.75, 3.05) is 5.73 Å². The van der Waals surface area contributed by atoms with Crippen LogP contribution in [0.3, 0.4) is 0 Å². The van der Waals surface area contributed by atoms with Crippen LogP contribution in [-0.2, 0) is 6.61 Å². The van der Waals surface area contributed by atoms with Crippen molar-refractivity contribution in [3.63, 3.8) is 0 Å². The third-order valence-electron chi connectivity index (χ3n) is 4.87. The number of anilines is 1. The summed E-state index contributed by atoms with van der Waals surface area (Å²) in [4.78, 5) is 16.9. The minimum Gasteiger partial charge on any atom is -0.399 e. The van der Waals surface area contributed by atoms with Gasteiger partial charge in [-0.1, -0.05) is 0 Å². The largest absolute Gasteiger partial charge is 0.399 e. The van der Waals surface area contributed by atoms with Crippen molar-refractivity contribution in [1.82, 2.24) is 9.55 Å². The predicted molar refractivity (Wildman–Crippen MR) is 90.9 cm³/mol. The number of nitrogens with two attached hydrogens (primary N) is 1. The molecule has 0 radical (unpaired) electrons. The van der Waals surface area contributed by atoms with Gasteiger partial charge in [-0.2, -0.15) is 13.2 Å². The molecule has 1 aliphatic carbocycles. The number of benzene rings is 1. The summed E-state index contributed by atoms with van der Waals surface area (Å²) in [7, 11) is 0. The van der Waals surface area contributed by atoms with Crippen LogP contribution >= 0.6 is 0 Å². The first-order chi connectivity index (χ1) is 12.3. The number of aliphatic hydroxyl groups excluding tert-OH is 1. The topological polar surface area (TPSA) is 81.1 Å². The Morgan fingerprint density at radius 1 is 1.15 bits per heavy atom. The molecule has 2 aromatic rings. The summed E-state index contributed by atoms with van der Waals surface area (Å²) in [6.07, 6.45) is -3.59. The van der Waals surface area contributed by atoms with Gasteiger partial charge in [0.05, 0.1) is 23.9 Å². The number of alkyl halides is 3. The van der Waals surface area contributed by atoms with E-state index >= 15 is 0 Å². The summed E-state index contributed by atoms with van der Waals surface area (Å²) < 4.78 is 40.2. The molecule has 0 aliphatic heterocycles. The molecule has 1 aromatic carbocycles. The maximum Gasteiger partial charge on any atom is 0.391 e. The highest BCUT2D eigenvalue weighted by Gasteiger charge is 2.42. The van der Waals surface area contributed by atoms with Crippen molar-refractivity contribution in [3.8, 4) is 5.69 Å². The van der Waals surface area contributed by atoms with E-state index in [4.69, 9.17) is 5.73 Å². The molecule has 3 N–H and O–H groups in total. The third-order valence-corrected chi connectivity index (χ3v) is 4.87. The van der Waals surface area contributed by atoms with Crippen molar-refractivity contribution in [2.24, 2.45) is 5.92 Å². The number of nitrogen functional groups attached to an aromatic ring is 1. The molecule has 26 heavy (non-hydrogen) atoms. The zero-order valence-electron chi connectivity index (χ0n) is 14.0. The lowest BCUT2D eigenvalue weighted by atomic mass is 9.81. The van der Waals surface area contributed by atoms with Gasteiger partial charge in [0.1, 0.15) is 5.82 Å². The smallest absolute Gasteiger partial charge is 0.391 e. The van der Waals surface area contributed by atoms with Crippen LogP contribution in [0.1, 0.15) is 43.1 Å². The molecule has 5 nitrogen and oxygen atoms in total. The van der Waals surface area contributed by atoms with Crippen molar-refractivity contribution >= 4 is 5.69 Å². The maximum absolute atomic E-state index is 12.9. The highest BCUT2D eigenvalue weighted by atomic mass is 19.4. The summed E-state index contributed by atoms with van der Waals surface area (Å²) in [6, 6.07) is 7.86. The van der Waals surface area contributed by atoms with E-state index in [9.17, 15) is 23.1 Å². The molecular weight excluding hydrogens is 347 g/mol. The van der Waals surface area contributed by atoms with Crippen molar-refractivity contribution in [2.45, 2.75) is 44.4 Å². The summed E-state index contributed by atoms with van der Waals surface area (Å²) >= 11 is 0. The highest BCUT2D eigenvalue weighted by Crippen LogP contribution is 2.42. The van der Waals surface area contributed by atoms with E-state index in [1.54, 1.807) is 24.3 Å². The number of nitrogens with zero attached hydrogens (tertiary/aromatic N) is 2. The number of hydrogen-bond acceptors (Lipinski definition) is 4. The number of aromatic nitrogens is 2. The number of aliphatic hydroxyl groups is 1. The fourth-order valence-electron chi connectivity index (χ4n) is 3.47. The molecule has 1 heterocycles. The maximum atomic E-state index is 12.9. The SMILES string of the molecule is Nc1ccc(-n2c(=O)cc(CO)nc2[C@H]2CC[C@@H](C(F)(F)F)CC2)cc1. The van der Waals surface area contributed by atoms with Gasteiger partial charge in [0.15, 0.2) is 0 Å². The van der Waals surface area contributed by atoms with Crippen LogP contribution in [0.2, 0.25) is 0 Å². The van der Waals surface area contributed by atoms with E-state index in [-0.39, 0.29) is 30.0 Å². The van der Waals surface area contributed by atoms with Crippen molar-refractivity contribution in [3.05, 3.63) is 52.2 Å². The van der Waals surface area contributed by atoms with Crippen LogP contribution in [0, 0.1) is 5.92 Å². The van der Waals surface area contributed by atoms with Crippen LogP contribution in [0.4, 0.5) is 18.9 Å². The molecule has 0 atom stereocenters. The Morgan fingerprint density at radius 3 is 2.31 bits per heavy atom. The Morgan fingerprint density at radius 2 is 1.77 bits per heavy atom. The zero-order chi connectivity index (χ0) is 18.9. The molecule has 0 bridgehead atoms. The first-order valence-corrected chi connectivity index (χ1v) is 8.46. The van der Waals surface area contributed by atoms with Gasteiger partial charge >= 0.3 is 6.18 Å². The van der Waals surface area contributed by atoms with Crippen LogP contribution in [0.25, 0.3) is 5.69 Å². The quantitative estimate of drug-likeness (QED) is 0.817. The molecule has 140 valence electrons. The van der Waals surface area contributed by atoms with Gasteiger partial charge in [-0.05, 0) is 49.9 Å². The lowest BCUT2D eigenvalue weighted by Gasteiger charge is -2.30. The summed E-state index contributed by atoms with van der Waals surface area (Å²) in [5.74, 6) is -1.19. The monoisotopic (exact) mass is 367 g/mol. The average Bonchev–Trinajstić information content (AvgIpc) is 2.61. The van der Waals surface area contributed by atoms with E-state index < -0.39 is 18.7 Å². The van der Waals surface area contributed by atoms with E-state index in [1.165, 1.54) is 10.6 Å². The van der Waals surface area contributed by atoms with Gasteiger partial charge in [-0.3, -0.25) is 9.36 Å². The summed E-state index contributed by atoms with van der Waals surface area (Å²) in [5.41, 5.74) is 6.61. The Kier molecular flexibility index (Phi) is 5.04.